The molecule has 0 radical (unpaired) electrons. The van der Waals surface area contributed by atoms with Crippen LogP contribution in [0.4, 0.5) is 17.2 Å². The van der Waals surface area contributed by atoms with E-state index in [-0.39, 0.29) is 10.6 Å². The van der Waals surface area contributed by atoms with Gasteiger partial charge in [-0.05, 0) is 38.2 Å². The average molecular weight is 355 g/mol. The lowest BCUT2D eigenvalue weighted by Crippen LogP contribution is -2.45. The van der Waals surface area contributed by atoms with Gasteiger partial charge >= 0.3 is 5.69 Å². The summed E-state index contributed by atoms with van der Waals surface area (Å²) in [6.07, 6.45) is 2.53. The van der Waals surface area contributed by atoms with E-state index < -0.39 is 0 Å². The Kier molecular flexibility index (Phi) is 6.14. The standard InChI is InChI=1S/C19H25N5O2/c1-21-13-15-22(16-14-21)11-6-12-23(17-7-3-2-4-8-17)19-18(24(25)26)9-5-10-20-19/h2-5,7-10H,6,11-16H2,1H3. The quantitative estimate of drug-likeness (QED) is 0.562. The number of pyridine rings is 1. The smallest absolute Gasteiger partial charge is 0.311 e. The van der Waals surface area contributed by atoms with Crippen LogP contribution in [0.25, 0.3) is 0 Å². The molecule has 7 heteroatoms. The van der Waals surface area contributed by atoms with Crippen molar-refractivity contribution in [3.05, 3.63) is 58.8 Å². The summed E-state index contributed by atoms with van der Waals surface area (Å²) < 4.78 is 0. The van der Waals surface area contributed by atoms with E-state index in [0.717, 1.165) is 44.8 Å². The van der Waals surface area contributed by atoms with Gasteiger partial charge in [0.2, 0.25) is 5.82 Å². The van der Waals surface area contributed by atoms with Crippen LogP contribution in [0.1, 0.15) is 6.42 Å². The average Bonchev–Trinajstić information content (AvgIpc) is 2.67. The SMILES string of the molecule is CN1CCN(CCCN(c2ccccc2)c2ncccc2[N+](=O)[O-])CC1. The lowest BCUT2D eigenvalue weighted by molar-refractivity contribution is -0.384. The first-order valence-electron chi connectivity index (χ1n) is 8.98. The van der Waals surface area contributed by atoms with E-state index in [4.69, 9.17) is 0 Å². The molecule has 0 N–H and O–H groups in total. The molecule has 138 valence electrons. The summed E-state index contributed by atoms with van der Waals surface area (Å²) in [5.74, 6) is 0.405. The van der Waals surface area contributed by atoms with Gasteiger partial charge < -0.3 is 14.7 Å². The molecule has 0 unspecified atom stereocenters. The second kappa shape index (κ2) is 8.73. The Bertz CT molecular complexity index is 717. The van der Waals surface area contributed by atoms with Crippen LogP contribution in [0.3, 0.4) is 0 Å². The summed E-state index contributed by atoms with van der Waals surface area (Å²) in [7, 11) is 2.15. The molecular weight excluding hydrogens is 330 g/mol. The highest BCUT2D eigenvalue weighted by Gasteiger charge is 2.22. The van der Waals surface area contributed by atoms with Gasteiger partial charge in [-0.25, -0.2) is 4.98 Å². The second-order valence-corrected chi connectivity index (χ2v) is 6.59. The lowest BCUT2D eigenvalue weighted by atomic mass is 10.2. The van der Waals surface area contributed by atoms with Crippen LogP contribution in [-0.4, -0.2) is 66.0 Å². The summed E-state index contributed by atoms with van der Waals surface area (Å²) in [6, 6.07) is 12.9. The van der Waals surface area contributed by atoms with Crippen LogP contribution >= 0.6 is 0 Å². The summed E-state index contributed by atoms with van der Waals surface area (Å²) >= 11 is 0. The first kappa shape index (κ1) is 18.3. The van der Waals surface area contributed by atoms with Crippen molar-refractivity contribution in [3.8, 4) is 0 Å². The normalized spacial score (nSPS) is 15.7. The van der Waals surface area contributed by atoms with Gasteiger partial charge in [-0.1, -0.05) is 18.2 Å². The Balaban J connectivity index is 1.74. The first-order chi connectivity index (χ1) is 12.6. The Morgan fingerprint density at radius 1 is 1.12 bits per heavy atom. The molecule has 26 heavy (non-hydrogen) atoms. The summed E-state index contributed by atoms with van der Waals surface area (Å²) in [5, 5.41) is 11.4. The first-order valence-corrected chi connectivity index (χ1v) is 8.98. The number of hydrogen-bond donors (Lipinski definition) is 0. The highest BCUT2D eigenvalue weighted by Crippen LogP contribution is 2.31. The fraction of sp³-hybridized carbons (Fsp3) is 0.421. The van der Waals surface area contributed by atoms with Crippen molar-refractivity contribution in [1.82, 2.24) is 14.8 Å². The number of anilines is 2. The van der Waals surface area contributed by atoms with Gasteiger partial charge in [-0.15, -0.1) is 0 Å². The van der Waals surface area contributed by atoms with Crippen LogP contribution in [0.15, 0.2) is 48.7 Å². The van der Waals surface area contributed by atoms with E-state index in [2.05, 4.69) is 21.8 Å². The summed E-state index contributed by atoms with van der Waals surface area (Å²) in [4.78, 5) is 22.1. The van der Waals surface area contributed by atoms with Crippen molar-refractivity contribution >= 4 is 17.2 Å². The molecular formula is C19H25N5O2. The van der Waals surface area contributed by atoms with Crippen LogP contribution in [0.5, 0.6) is 0 Å². The van der Waals surface area contributed by atoms with Crippen LogP contribution in [-0.2, 0) is 0 Å². The van der Waals surface area contributed by atoms with E-state index in [1.807, 2.05) is 35.2 Å². The van der Waals surface area contributed by atoms with Gasteiger partial charge in [0.15, 0.2) is 0 Å². The Labute approximate surface area is 154 Å². The molecule has 0 amide bonds. The van der Waals surface area contributed by atoms with Gasteiger partial charge in [0.05, 0.1) is 4.92 Å². The Hall–Kier alpha value is -2.51. The van der Waals surface area contributed by atoms with Crippen LogP contribution < -0.4 is 4.90 Å². The van der Waals surface area contributed by atoms with Gasteiger partial charge in [-0.3, -0.25) is 10.1 Å². The molecule has 0 aliphatic carbocycles. The monoisotopic (exact) mass is 355 g/mol. The van der Waals surface area contributed by atoms with E-state index in [1.165, 1.54) is 6.07 Å². The number of benzene rings is 1. The number of aromatic nitrogens is 1. The molecule has 1 saturated heterocycles. The number of para-hydroxylation sites is 1. The number of piperazine rings is 1. The largest absolute Gasteiger partial charge is 0.321 e. The van der Waals surface area contributed by atoms with Crippen molar-refractivity contribution in [2.45, 2.75) is 6.42 Å². The van der Waals surface area contributed by atoms with E-state index in [0.29, 0.717) is 12.4 Å². The minimum atomic E-state index is -0.362. The van der Waals surface area contributed by atoms with Gasteiger partial charge in [0.25, 0.3) is 0 Å². The molecule has 1 fully saturated rings. The summed E-state index contributed by atoms with van der Waals surface area (Å²) in [5.41, 5.74) is 0.962. The number of nitrogens with zero attached hydrogens (tertiary/aromatic N) is 5. The topological polar surface area (TPSA) is 65.8 Å². The van der Waals surface area contributed by atoms with Crippen molar-refractivity contribution < 1.29 is 4.92 Å². The van der Waals surface area contributed by atoms with E-state index in [1.54, 1.807) is 12.3 Å². The fourth-order valence-electron chi connectivity index (χ4n) is 3.23. The van der Waals surface area contributed by atoms with Crippen molar-refractivity contribution in [3.63, 3.8) is 0 Å². The molecule has 0 atom stereocenters. The number of rotatable bonds is 7. The minimum Gasteiger partial charge on any atom is -0.321 e. The zero-order chi connectivity index (χ0) is 18.4. The molecule has 0 spiro atoms. The van der Waals surface area contributed by atoms with Crippen LogP contribution in [0.2, 0.25) is 0 Å². The maximum absolute atomic E-state index is 11.4. The zero-order valence-corrected chi connectivity index (χ0v) is 15.1. The minimum absolute atomic E-state index is 0.0379. The molecule has 1 aromatic heterocycles. The molecule has 2 heterocycles. The molecule has 2 aromatic rings. The Morgan fingerprint density at radius 3 is 2.54 bits per heavy atom. The number of nitro groups is 1. The molecule has 3 rings (SSSR count). The molecule has 1 aromatic carbocycles. The third-order valence-electron chi connectivity index (χ3n) is 4.74. The molecule has 1 aliphatic heterocycles. The third kappa shape index (κ3) is 4.56. The molecule has 0 bridgehead atoms. The van der Waals surface area contributed by atoms with E-state index >= 15 is 0 Å². The van der Waals surface area contributed by atoms with Crippen molar-refractivity contribution in [2.75, 3.05) is 51.2 Å². The predicted octanol–water partition coefficient (Wildman–Crippen LogP) is 2.77. The molecule has 1 aliphatic rings. The highest BCUT2D eigenvalue weighted by molar-refractivity contribution is 5.68. The third-order valence-corrected chi connectivity index (χ3v) is 4.74. The van der Waals surface area contributed by atoms with Crippen molar-refractivity contribution in [1.29, 1.82) is 0 Å². The summed E-state index contributed by atoms with van der Waals surface area (Å²) in [6.45, 7) is 6.01. The Morgan fingerprint density at radius 2 is 1.85 bits per heavy atom. The fourth-order valence-corrected chi connectivity index (χ4v) is 3.23. The lowest BCUT2D eigenvalue weighted by Gasteiger charge is -2.33. The van der Waals surface area contributed by atoms with Crippen molar-refractivity contribution in [2.24, 2.45) is 0 Å². The second-order valence-electron chi connectivity index (χ2n) is 6.59. The van der Waals surface area contributed by atoms with E-state index in [9.17, 15) is 10.1 Å². The number of likely N-dealkylation sites (N-methyl/N-ethyl adjacent to an activating group) is 1. The predicted molar refractivity (Wildman–Crippen MR) is 103 cm³/mol. The number of hydrogen-bond acceptors (Lipinski definition) is 6. The molecule has 0 saturated carbocycles. The van der Waals surface area contributed by atoms with Gasteiger partial charge in [0.1, 0.15) is 0 Å². The zero-order valence-electron chi connectivity index (χ0n) is 15.1. The maximum atomic E-state index is 11.4. The van der Waals surface area contributed by atoms with Gasteiger partial charge in [-0.2, -0.15) is 0 Å². The maximum Gasteiger partial charge on any atom is 0.311 e. The highest BCUT2D eigenvalue weighted by atomic mass is 16.6. The molecule has 7 nitrogen and oxygen atoms in total. The van der Waals surface area contributed by atoms with Crippen LogP contribution in [0, 0.1) is 10.1 Å². The van der Waals surface area contributed by atoms with Gasteiger partial charge in [0, 0.05) is 50.7 Å².